The molecule has 2 N–H and O–H groups in total. The van der Waals surface area contributed by atoms with Gasteiger partial charge in [-0.1, -0.05) is 36.8 Å². The van der Waals surface area contributed by atoms with Crippen LogP contribution in [0.5, 0.6) is 0 Å². The van der Waals surface area contributed by atoms with Crippen molar-refractivity contribution in [2.45, 2.75) is 50.5 Å². The molecule has 1 aliphatic heterocycles. The minimum Gasteiger partial charge on any atom is -0.369 e. The molecule has 0 aromatic heterocycles. The zero-order valence-corrected chi connectivity index (χ0v) is 12.8. The Balaban J connectivity index is 1.87. The topological polar surface area (TPSA) is 46.3 Å². The number of primary amides is 1. The first-order chi connectivity index (χ1) is 10.2. The summed E-state index contributed by atoms with van der Waals surface area (Å²) in [6, 6.07) is 10.9. The van der Waals surface area contributed by atoms with Crippen molar-refractivity contribution < 1.29 is 4.79 Å². The van der Waals surface area contributed by atoms with Gasteiger partial charge in [-0.15, -0.1) is 0 Å². The van der Waals surface area contributed by atoms with E-state index in [4.69, 9.17) is 5.73 Å². The van der Waals surface area contributed by atoms with Crippen LogP contribution in [0.25, 0.3) is 0 Å². The van der Waals surface area contributed by atoms with Gasteiger partial charge in [-0.3, -0.25) is 9.69 Å². The predicted molar refractivity (Wildman–Crippen MR) is 84.7 cm³/mol. The Morgan fingerprint density at radius 1 is 1.05 bits per heavy atom. The maximum Gasteiger partial charge on any atom is 0.220 e. The highest BCUT2D eigenvalue weighted by Gasteiger charge is 2.42. The summed E-state index contributed by atoms with van der Waals surface area (Å²) in [5, 5.41) is 0. The Morgan fingerprint density at radius 3 is 2.24 bits per heavy atom. The average Bonchev–Trinajstić information content (AvgIpc) is 2.56. The van der Waals surface area contributed by atoms with E-state index in [0.717, 1.165) is 25.7 Å². The van der Waals surface area contributed by atoms with Gasteiger partial charge in [-0.05, 0) is 57.2 Å². The minimum atomic E-state index is -0.115. The Labute approximate surface area is 127 Å². The molecule has 2 fully saturated rings. The number of carbonyl (C=O) groups is 1. The molecule has 21 heavy (non-hydrogen) atoms. The standard InChI is InChI=1S/C18H26N2O/c19-17(21)15-9-11-18(12-10-15,16-7-3-1-4-8-16)20-13-5-2-6-14-20/h1,3-4,7-8,15H,2,5-6,9-14H2,(H2,19,21). The fraction of sp³-hybridized carbons (Fsp3) is 0.611. The Morgan fingerprint density at radius 2 is 1.67 bits per heavy atom. The van der Waals surface area contributed by atoms with Gasteiger partial charge in [0.15, 0.2) is 0 Å². The highest BCUT2D eigenvalue weighted by molar-refractivity contribution is 5.76. The molecule has 0 radical (unpaired) electrons. The summed E-state index contributed by atoms with van der Waals surface area (Å²) in [4.78, 5) is 14.2. The molecule has 0 atom stereocenters. The van der Waals surface area contributed by atoms with Crippen molar-refractivity contribution in [3.8, 4) is 0 Å². The quantitative estimate of drug-likeness (QED) is 0.928. The van der Waals surface area contributed by atoms with Crippen molar-refractivity contribution >= 4 is 5.91 Å². The lowest BCUT2D eigenvalue weighted by molar-refractivity contribution is -0.124. The zero-order chi connectivity index (χ0) is 14.7. The third-order valence-electron chi connectivity index (χ3n) is 5.49. The van der Waals surface area contributed by atoms with Gasteiger partial charge >= 0.3 is 0 Å². The first-order valence-corrected chi connectivity index (χ1v) is 8.32. The summed E-state index contributed by atoms with van der Waals surface area (Å²) in [6.45, 7) is 2.38. The van der Waals surface area contributed by atoms with Gasteiger partial charge in [-0.2, -0.15) is 0 Å². The van der Waals surface area contributed by atoms with Crippen LogP contribution in [0.15, 0.2) is 30.3 Å². The van der Waals surface area contributed by atoms with Crippen LogP contribution in [0.2, 0.25) is 0 Å². The second-order valence-corrected chi connectivity index (χ2v) is 6.62. The van der Waals surface area contributed by atoms with Gasteiger partial charge in [0, 0.05) is 11.5 Å². The fourth-order valence-electron chi connectivity index (χ4n) is 4.24. The first-order valence-electron chi connectivity index (χ1n) is 8.32. The van der Waals surface area contributed by atoms with Crippen molar-refractivity contribution in [2.75, 3.05) is 13.1 Å². The summed E-state index contributed by atoms with van der Waals surface area (Å²) in [7, 11) is 0. The number of rotatable bonds is 3. The minimum absolute atomic E-state index is 0.0756. The van der Waals surface area contributed by atoms with Gasteiger partial charge in [-0.25, -0.2) is 0 Å². The second-order valence-electron chi connectivity index (χ2n) is 6.62. The van der Waals surface area contributed by atoms with E-state index in [2.05, 4.69) is 35.2 Å². The Kier molecular flexibility index (Phi) is 4.29. The van der Waals surface area contributed by atoms with Crippen molar-refractivity contribution in [3.05, 3.63) is 35.9 Å². The SMILES string of the molecule is NC(=O)C1CCC(c2ccccc2)(N2CCCCC2)CC1. The normalized spacial score (nSPS) is 31.0. The number of hydrogen-bond donors (Lipinski definition) is 1. The fourth-order valence-corrected chi connectivity index (χ4v) is 4.24. The first kappa shape index (κ1) is 14.6. The molecule has 114 valence electrons. The maximum absolute atomic E-state index is 11.5. The highest BCUT2D eigenvalue weighted by Crippen LogP contribution is 2.45. The number of nitrogens with zero attached hydrogens (tertiary/aromatic N) is 1. The molecule has 3 nitrogen and oxygen atoms in total. The molecule has 1 aromatic carbocycles. The molecule has 2 aliphatic rings. The van der Waals surface area contributed by atoms with Crippen LogP contribution < -0.4 is 5.73 Å². The summed E-state index contributed by atoms with van der Waals surface area (Å²) < 4.78 is 0. The lowest BCUT2D eigenvalue weighted by atomic mass is 9.71. The van der Waals surface area contributed by atoms with E-state index < -0.39 is 0 Å². The molecule has 3 heteroatoms. The molecule has 1 aliphatic carbocycles. The Hall–Kier alpha value is -1.35. The van der Waals surface area contributed by atoms with E-state index in [9.17, 15) is 4.79 Å². The molecular weight excluding hydrogens is 260 g/mol. The van der Waals surface area contributed by atoms with Crippen molar-refractivity contribution in [1.82, 2.24) is 4.90 Å². The van der Waals surface area contributed by atoms with Crippen LogP contribution in [-0.2, 0) is 10.3 Å². The van der Waals surface area contributed by atoms with Gasteiger partial charge < -0.3 is 5.73 Å². The molecule has 1 amide bonds. The third kappa shape index (κ3) is 2.84. The number of amides is 1. The van der Waals surface area contributed by atoms with Crippen LogP contribution in [0.3, 0.4) is 0 Å². The molecule has 1 saturated carbocycles. The lowest BCUT2D eigenvalue weighted by Gasteiger charge is -2.49. The van der Waals surface area contributed by atoms with Crippen molar-refractivity contribution in [3.63, 3.8) is 0 Å². The number of nitrogens with two attached hydrogens (primary N) is 1. The van der Waals surface area contributed by atoms with E-state index in [1.165, 1.54) is 37.9 Å². The summed E-state index contributed by atoms with van der Waals surface area (Å²) >= 11 is 0. The number of benzene rings is 1. The smallest absolute Gasteiger partial charge is 0.220 e. The average molecular weight is 286 g/mol. The van der Waals surface area contributed by atoms with Gasteiger partial charge in [0.1, 0.15) is 0 Å². The monoisotopic (exact) mass is 286 g/mol. The van der Waals surface area contributed by atoms with Crippen LogP contribution in [0.1, 0.15) is 50.5 Å². The molecule has 1 heterocycles. The maximum atomic E-state index is 11.5. The third-order valence-corrected chi connectivity index (χ3v) is 5.49. The summed E-state index contributed by atoms with van der Waals surface area (Å²) in [5.41, 5.74) is 7.08. The lowest BCUT2D eigenvalue weighted by Crippen LogP contribution is -2.51. The summed E-state index contributed by atoms with van der Waals surface area (Å²) in [6.07, 6.45) is 7.93. The predicted octanol–water partition coefficient (Wildman–Crippen LogP) is 3.04. The number of carbonyl (C=O) groups excluding carboxylic acids is 1. The van der Waals surface area contributed by atoms with Gasteiger partial charge in [0.05, 0.1) is 0 Å². The van der Waals surface area contributed by atoms with Crippen LogP contribution >= 0.6 is 0 Å². The largest absolute Gasteiger partial charge is 0.369 e. The van der Waals surface area contributed by atoms with E-state index in [0.29, 0.717) is 0 Å². The number of hydrogen-bond acceptors (Lipinski definition) is 2. The van der Waals surface area contributed by atoms with Crippen LogP contribution in [0.4, 0.5) is 0 Å². The van der Waals surface area contributed by atoms with Crippen molar-refractivity contribution in [1.29, 1.82) is 0 Å². The van der Waals surface area contributed by atoms with Gasteiger partial charge in [0.2, 0.25) is 5.91 Å². The molecular formula is C18H26N2O. The van der Waals surface area contributed by atoms with E-state index >= 15 is 0 Å². The second kappa shape index (κ2) is 6.18. The zero-order valence-electron chi connectivity index (χ0n) is 12.8. The van der Waals surface area contributed by atoms with E-state index in [-0.39, 0.29) is 17.4 Å². The van der Waals surface area contributed by atoms with Crippen molar-refractivity contribution in [2.24, 2.45) is 11.7 Å². The Bertz CT molecular complexity index is 471. The van der Waals surface area contributed by atoms with Crippen LogP contribution in [-0.4, -0.2) is 23.9 Å². The molecule has 1 saturated heterocycles. The highest BCUT2D eigenvalue weighted by atomic mass is 16.1. The molecule has 0 unspecified atom stereocenters. The van der Waals surface area contributed by atoms with Crippen LogP contribution in [0, 0.1) is 5.92 Å². The van der Waals surface area contributed by atoms with Gasteiger partial charge in [0.25, 0.3) is 0 Å². The summed E-state index contributed by atoms with van der Waals surface area (Å²) in [5.74, 6) is -0.0399. The number of likely N-dealkylation sites (tertiary alicyclic amines) is 1. The molecule has 1 aromatic rings. The molecule has 3 rings (SSSR count). The molecule has 0 spiro atoms. The van der Waals surface area contributed by atoms with E-state index in [1.807, 2.05) is 0 Å². The van der Waals surface area contributed by atoms with E-state index in [1.54, 1.807) is 0 Å². The molecule has 0 bridgehead atoms. The number of piperidine rings is 1.